The molecule has 3 atom stereocenters. The fourth-order valence-electron chi connectivity index (χ4n) is 4.84. The third-order valence-corrected chi connectivity index (χ3v) is 8.37. The summed E-state index contributed by atoms with van der Waals surface area (Å²) in [5.41, 5.74) is 3.15. The van der Waals surface area contributed by atoms with Crippen LogP contribution in [0.25, 0.3) is 0 Å². The third-order valence-electron chi connectivity index (χ3n) is 6.26. The van der Waals surface area contributed by atoms with Crippen molar-refractivity contribution < 1.29 is 22.8 Å². The SMILES string of the molecule is CCC(=O)C1C(=O)CC2c3cc(C)c(S(=O)(=O)N(C)C)c(C)c3CCC2C1=O. The summed E-state index contributed by atoms with van der Waals surface area (Å²) in [4.78, 5) is 38.0. The van der Waals surface area contributed by atoms with Crippen molar-refractivity contribution in [3.63, 3.8) is 0 Å². The van der Waals surface area contributed by atoms with Crippen LogP contribution in [0.2, 0.25) is 0 Å². The van der Waals surface area contributed by atoms with Crippen LogP contribution in [0.4, 0.5) is 0 Å². The summed E-state index contributed by atoms with van der Waals surface area (Å²) in [6, 6.07) is 1.83. The standard InChI is InChI=1S/C21H27NO5S/c1-6-17(23)19-18(24)10-16-14(20(19)25)8-7-13-12(3)21(11(2)9-15(13)16)28(26,27)22(4)5/h9,14,16,19H,6-8,10H2,1-5H3. The number of fused-ring (bicyclic) bond motifs is 3. The van der Waals surface area contributed by atoms with Gasteiger partial charge in [0.15, 0.2) is 17.3 Å². The number of carbonyl (C=O) groups excluding carboxylic acids is 3. The second-order valence-corrected chi connectivity index (χ2v) is 10.2. The molecule has 0 amide bonds. The molecule has 2 aliphatic rings. The number of aryl methyl sites for hydroxylation is 1. The van der Waals surface area contributed by atoms with Crippen LogP contribution in [0.5, 0.6) is 0 Å². The van der Waals surface area contributed by atoms with Crippen molar-refractivity contribution >= 4 is 27.4 Å². The second kappa shape index (κ2) is 7.19. The van der Waals surface area contributed by atoms with E-state index < -0.39 is 15.9 Å². The molecule has 3 rings (SSSR count). The Hall–Kier alpha value is -1.86. The number of carbonyl (C=O) groups is 3. The van der Waals surface area contributed by atoms with Gasteiger partial charge in [-0.2, -0.15) is 0 Å². The highest BCUT2D eigenvalue weighted by atomic mass is 32.2. The average molecular weight is 406 g/mol. The Bertz CT molecular complexity index is 977. The van der Waals surface area contributed by atoms with Crippen molar-refractivity contribution in [1.29, 1.82) is 0 Å². The lowest BCUT2D eigenvalue weighted by atomic mass is 9.62. The Morgan fingerprint density at radius 2 is 1.82 bits per heavy atom. The molecule has 1 fully saturated rings. The maximum atomic E-state index is 12.9. The number of benzene rings is 1. The molecule has 0 heterocycles. The zero-order valence-electron chi connectivity index (χ0n) is 17.0. The molecule has 0 spiro atoms. The van der Waals surface area contributed by atoms with Crippen LogP contribution >= 0.6 is 0 Å². The van der Waals surface area contributed by atoms with Crippen LogP contribution < -0.4 is 0 Å². The molecular weight excluding hydrogens is 378 g/mol. The summed E-state index contributed by atoms with van der Waals surface area (Å²) < 4.78 is 26.8. The first-order valence-corrected chi connectivity index (χ1v) is 11.1. The zero-order valence-corrected chi connectivity index (χ0v) is 17.9. The first-order valence-electron chi connectivity index (χ1n) is 9.67. The molecule has 0 radical (unpaired) electrons. The molecule has 1 saturated carbocycles. The van der Waals surface area contributed by atoms with Crippen molar-refractivity contribution in [2.24, 2.45) is 11.8 Å². The van der Waals surface area contributed by atoms with Crippen molar-refractivity contribution in [3.05, 3.63) is 28.3 Å². The smallest absolute Gasteiger partial charge is 0.243 e. The highest BCUT2D eigenvalue weighted by molar-refractivity contribution is 7.89. The minimum Gasteiger partial charge on any atom is -0.298 e. The molecule has 2 aliphatic carbocycles. The van der Waals surface area contributed by atoms with E-state index in [2.05, 4.69) is 0 Å². The van der Waals surface area contributed by atoms with Gasteiger partial charge >= 0.3 is 0 Å². The Morgan fingerprint density at radius 1 is 1.18 bits per heavy atom. The van der Waals surface area contributed by atoms with E-state index in [0.29, 0.717) is 28.9 Å². The van der Waals surface area contributed by atoms with E-state index in [1.807, 2.05) is 6.07 Å². The maximum absolute atomic E-state index is 12.9. The Morgan fingerprint density at radius 3 is 2.39 bits per heavy atom. The topological polar surface area (TPSA) is 88.6 Å². The van der Waals surface area contributed by atoms with Gasteiger partial charge in [-0.3, -0.25) is 14.4 Å². The van der Waals surface area contributed by atoms with E-state index in [9.17, 15) is 22.8 Å². The molecule has 0 aliphatic heterocycles. The molecule has 7 heteroatoms. The van der Waals surface area contributed by atoms with Gasteiger partial charge in [0.05, 0.1) is 4.90 Å². The maximum Gasteiger partial charge on any atom is 0.243 e. The summed E-state index contributed by atoms with van der Waals surface area (Å²) in [5, 5.41) is 0. The minimum absolute atomic E-state index is 0.165. The first kappa shape index (κ1) is 20.9. The van der Waals surface area contributed by atoms with Crippen molar-refractivity contribution in [1.82, 2.24) is 4.31 Å². The lowest BCUT2D eigenvalue weighted by molar-refractivity contribution is -0.145. The molecule has 0 aromatic heterocycles. The molecule has 0 N–H and O–H groups in total. The Labute approximate surface area is 166 Å². The molecule has 1 aromatic carbocycles. The van der Waals surface area contributed by atoms with E-state index in [-0.39, 0.29) is 42.0 Å². The number of hydrogen-bond acceptors (Lipinski definition) is 5. The van der Waals surface area contributed by atoms with Crippen LogP contribution in [0.1, 0.15) is 54.4 Å². The van der Waals surface area contributed by atoms with E-state index >= 15 is 0 Å². The third kappa shape index (κ3) is 3.05. The van der Waals surface area contributed by atoms with E-state index in [0.717, 1.165) is 11.1 Å². The molecule has 1 aromatic rings. The van der Waals surface area contributed by atoms with E-state index in [1.54, 1.807) is 20.8 Å². The quantitative estimate of drug-likeness (QED) is 0.718. The number of rotatable bonds is 4. The Kier molecular flexibility index (Phi) is 5.36. The van der Waals surface area contributed by atoms with Crippen LogP contribution in [-0.2, 0) is 30.8 Å². The molecule has 28 heavy (non-hydrogen) atoms. The van der Waals surface area contributed by atoms with E-state index in [4.69, 9.17) is 0 Å². The van der Waals surface area contributed by atoms with Crippen molar-refractivity contribution in [2.75, 3.05) is 14.1 Å². The molecule has 152 valence electrons. The largest absolute Gasteiger partial charge is 0.298 e. The van der Waals surface area contributed by atoms with Gasteiger partial charge in [-0.1, -0.05) is 13.0 Å². The summed E-state index contributed by atoms with van der Waals surface area (Å²) in [6.07, 6.45) is 1.46. The van der Waals surface area contributed by atoms with Crippen molar-refractivity contribution in [2.45, 2.75) is 57.3 Å². The minimum atomic E-state index is -3.59. The number of sulfonamides is 1. The van der Waals surface area contributed by atoms with Gasteiger partial charge in [0.1, 0.15) is 5.92 Å². The number of ketones is 3. The van der Waals surface area contributed by atoms with Crippen molar-refractivity contribution in [3.8, 4) is 0 Å². The van der Waals surface area contributed by atoms with E-state index in [1.165, 1.54) is 18.4 Å². The molecule has 6 nitrogen and oxygen atoms in total. The molecule has 0 bridgehead atoms. The molecular formula is C21H27NO5S. The normalized spacial score (nSPS) is 24.9. The zero-order chi connectivity index (χ0) is 21.0. The van der Waals surface area contributed by atoms with Gasteiger partial charge in [-0.25, -0.2) is 12.7 Å². The Balaban J connectivity index is 2.11. The predicted octanol–water partition coefficient (Wildman–Crippen LogP) is 2.34. The fourth-order valence-corrected chi connectivity index (χ4v) is 6.18. The summed E-state index contributed by atoms with van der Waals surface area (Å²) in [5.74, 6) is -2.56. The first-order chi connectivity index (χ1) is 13.0. The van der Waals surface area contributed by atoms with Gasteiger partial charge in [0.25, 0.3) is 0 Å². The lowest BCUT2D eigenvalue weighted by Gasteiger charge is -2.39. The van der Waals surface area contributed by atoms with Gasteiger partial charge in [0, 0.05) is 38.8 Å². The highest BCUT2D eigenvalue weighted by Crippen LogP contribution is 2.46. The lowest BCUT2D eigenvalue weighted by Crippen LogP contribution is -2.45. The monoisotopic (exact) mass is 405 g/mol. The van der Waals surface area contributed by atoms with Crippen LogP contribution in [0.15, 0.2) is 11.0 Å². The number of hydrogen-bond donors (Lipinski definition) is 0. The predicted molar refractivity (Wildman–Crippen MR) is 105 cm³/mol. The van der Waals surface area contributed by atoms with Crippen LogP contribution in [-0.4, -0.2) is 44.2 Å². The second-order valence-electron chi connectivity index (χ2n) is 8.08. The molecule has 0 saturated heterocycles. The summed E-state index contributed by atoms with van der Waals surface area (Å²) in [6.45, 7) is 5.23. The number of nitrogens with zero attached hydrogens (tertiary/aromatic N) is 1. The van der Waals surface area contributed by atoms with Gasteiger partial charge in [-0.15, -0.1) is 0 Å². The average Bonchev–Trinajstić information content (AvgIpc) is 2.61. The molecule has 3 unspecified atom stereocenters. The summed E-state index contributed by atoms with van der Waals surface area (Å²) >= 11 is 0. The van der Waals surface area contributed by atoms with Crippen LogP contribution in [0.3, 0.4) is 0 Å². The van der Waals surface area contributed by atoms with Crippen LogP contribution in [0, 0.1) is 25.7 Å². The van der Waals surface area contributed by atoms with Gasteiger partial charge in [-0.05, 0) is 48.9 Å². The summed E-state index contributed by atoms with van der Waals surface area (Å²) in [7, 11) is -0.577. The fraction of sp³-hybridized carbons (Fsp3) is 0.571. The van der Waals surface area contributed by atoms with Gasteiger partial charge in [0.2, 0.25) is 10.0 Å². The van der Waals surface area contributed by atoms with Gasteiger partial charge < -0.3 is 0 Å². The highest BCUT2D eigenvalue weighted by Gasteiger charge is 2.48. The number of Topliss-reactive ketones (excluding diaryl/α,β-unsaturated/α-hetero) is 3.